The molecule has 0 saturated carbocycles. The second kappa shape index (κ2) is 7.77. The van der Waals surface area contributed by atoms with Crippen LogP contribution in [0.25, 0.3) is 10.2 Å². The molecule has 0 bridgehead atoms. The van der Waals surface area contributed by atoms with Gasteiger partial charge >= 0.3 is 0 Å². The Morgan fingerprint density at radius 1 is 1.25 bits per heavy atom. The van der Waals surface area contributed by atoms with Crippen molar-refractivity contribution in [1.29, 1.82) is 0 Å². The second-order valence-corrected chi connectivity index (χ2v) is 7.59. The van der Waals surface area contributed by atoms with E-state index < -0.39 is 0 Å². The van der Waals surface area contributed by atoms with Gasteiger partial charge in [-0.15, -0.1) is 11.8 Å². The van der Waals surface area contributed by atoms with E-state index in [1.165, 1.54) is 23.5 Å². The number of carbonyl (C=O) groups is 1. The number of benzene rings is 2. The van der Waals surface area contributed by atoms with Gasteiger partial charge in [0.1, 0.15) is 5.82 Å². The van der Waals surface area contributed by atoms with Gasteiger partial charge in [-0.25, -0.2) is 9.37 Å². The average molecular weight is 360 g/mol. The minimum atomic E-state index is -0.232. The number of fused-ring (bicyclic) bond motifs is 1. The van der Waals surface area contributed by atoms with Gasteiger partial charge in [0.05, 0.1) is 10.2 Å². The second-order valence-electron chi connectivity index (χ2n) is 5.39. The fourth-order valence-corrected chi connectivity index (χ4v) is 4.09. The first-order valence-corrected chi connectivity index (χ1v) is 9.46. The molecule has 0 spiro atoms. The van der Waals surface area contributed by atoms with Gasteiger partial charge in [0.25, 0.3) is 0 Å². The number of carbonyl (C=O) groups excluding carboxylic acids is 1. The summed E-state index contributed by atoms with van der Waals surface area (Å²) in [7, 11) is 0. The maximum Gasteiger partial charge on any atom is 0.226 e. The normalized spacial score (nSPS) is 10.9. The SMILES string of the molecule is Cc1cccc2sc(NC(=O)CCCSc3ccc(F)cc3)nc12. The quantitative estimate of drug-likeness (QED) is 0.482. The summed E-state index contributed by atoms with van der Waals surface area (Å²) < 4.78 is 13.9. The summed E-state index contributed by atoms with van der Waals surface area (Å²) in [5.41, 5.74) is 2.06. The Balaban J connectivity index is 1.46. The van der Waals surface area contributed by atoms with E-state index in [1.807, 2.05) is 25.1 Å². The standard InChI is InChI=1S/C18H17FN2OS2/c1-12-4-2-5-15-17(12)21-18(24-15)20-16(22)6-3-11-23-14-9-7-13(19)8-10-14/h2,4-5,7-10H,3,6,11H2,1H3,(H,20,21,22). The van der Waals surface area contributed by atoms with E-state index in [0.29, 0.717) is 11.6 Å². The van der Waals surface area contributed by atoms with Crippen molar-refractivity contribution < 1.29 is 9.18 Å². The number of rotatable bonds is 6. The summed E-state index contributed by atoms with van der Waals surface area (Å²) in [4.78, 5) is 17.5. The van der Waals surface area contributed by atoms with Crippen molar-refractivity contribution in [3.63, 3.8) is 0 Å². The number of thiazole rings is 1. The largest absolute Gasteiger partial charge is 0.302 e. The van der Waals surface area contributed by atoms with Crippen LogP contribution >= 0.6 is 23.1 Å². The van der Waals surface area contributed by atoms with Crippen LogP contribution < -0.4 is 5.32 Å². The molecule has 124 valence electrons. The maximum atomic E-state index is 12.8. The number of aryl methyl sites for hydroxylation is 1. The van der Waals surface area contributed by atoms with Crippen molar-refractivity contribution in [3.05, 3.63) is 53.8 Å². The number of hydrogen-bond acceptors (Lipinski definition) is 4. The molecule has 1 heterocycles. The number of amides is 1. The van der Waals surface area contributed by atoms with Gasteiger partial charge in [-0.3, -0.25) is 4.79 Å². The molecule has 6 heteroatoms. The highest BCUT2D eigenvalue weighted by atomic mass is 32.2. The van der Waals surface area contributed by atoms with Crippen LogP contribution in [0.2, 0.25) is 0 Å². The molecule has 0 saturated heterocycles. The first kappa shape index (κ1) is 16.9. The maximum absolute atomic E-state index is 12.8. The molecule has 0 radical (unpaired) electrons. The van der Waals surface area contributed by atoms with E-state index >= 15 is 0 Å². The Morgan fingerprint density at radius 3 is 2.79 bits per heavy atom. The van der Waals surface area contributed by atoms with Crippen molar-refractivity contribution >= 4 is 44.4 Å². The molecule has 0 atom stereocenters. The number of para-hydroxylation sites is 1. The fraction of sp³-hybridized carbons (Fsp3) is 0.222. The molecule has 2 aromatic carbocycles. The lowest BCUT2D eigenvalue weighted by Crippen LogP contribution is -2.11. The van der Waals surface area contributed by atoms with Crippen molar-refractivity contribution in [3.8, 4) is 0 Å². The van der Waals surface area contributed by atoms with E-state index in [0.717, 1.165) is 32.8 Å². The topological polar surface area (TPSA) is 42.0 Å². The number of halogens is 1. The summed E-state index contributed by atoms with van der Waals surface area (Å²) in [5.74, 6) is 0.564. The smallest absolute Gasteiger partial charge is 0.226 e. The van der Waals surface area contributed by atoms with Crippen LogP contribution in [0.4, 0.5) is 9.52 Å². The molecular formula is C18H17FN2OS2. The van der Waals surface area contributed by atoms with Crippen molar-refractivity contribution in [1.82, 2.24) is 4.98 Å². The van der Waals surface area contributed by atoms with Crippen LogP contribution in [0.3, 0.4) is 0 Å². The molecule has 0 fully saturated rings. The van der Waals surface area contributed by atoms with E-state index in [1.54, 1.807) is 23.9 Å². The Bertz CT molecular complexity index is 846. The predicted molar refractivity (Wildman–Crippen MR) is 99.3 cm³/mol. The minimum Gasteiger partial charge on any atom is -0.302 e. The monoisotopic (exact) mass is 360 g/mol. The lowest BCUT2D eigenvalue weighted by Gasteiger charge is -2.02. The Hall–Kier alpha value is -1.92. The Morgan fingerprint density at radius 2 is 2.04 bits per heavy atom. The molecule has 0 aliphatic carbocycles. The van der Waals surface area contributed by atoms with Crippen molar-refractivity contribution in [2.45, 2.75) is 24.7 Å². The number of hydrogen-bond donors (Lipinski definition) is 1. The number of anilines is 1. The van der Waals surface area contributed by atoms with Crippen LogP contribution in [0, 0.1) is 12.7 Å². The third-order valence-electron chi connectivity index (χ3n) is 3.50. The molecule has 24 heavy (non-hydrogen) atoms. The summed E-state index contributed by atoms with van der Waals surface area (Å²) in [6, 6.07) is 12.4. The highest BCUT2D eigenvalue weighted by Crippen LogP contribution is 2.28. The number of thioether (sulfide) groups is 1. The van der Waals surface area contributed by atoms with Gasteiger partial charge in [-0.2, -0.15) is 0 Å². The molecule has 3 nitrogen and oxygen atoms in total. The number of nitrogens with one attached hydrogen (secondary N) is 1. The third-order valence-corrected chi connectivity index (χ3v) is 5.53. The van der Waals surface area contributed by atoms with Gasteiger partial charge in [0.15, 0.2) is 5.13 Å². The van der Waals surface area contributed by atoms with E-state index in [4.69, 9.17) is 0 Å². The number of nitrogens with zero attached hydrogens (tertiary/aromatic N) is 1. The molecule has 0 unspecified atom stereocenters. The van der Waals surface area contributed by atoms with Crippen molar-refractivity contribution in [2.24, 2.45) is 0 Å². The predicted octanol–water partition coefficient (Wildman–Crippen LogP) is 5.25. The lowest BCUT2D eigenvalue weighted by atomic mass is 10.2. The number of aromatic nitrogens is 1. The molecule has 3 rings (SSSR count). The summed E-state index contributed by atoms with van der Waals surface area (Å²) in [6.07, 6.45) is 1.21. The van der Waals surface area contributed by atoms with Crippen molar-refractivity contribution in [2.75, 3.05) is 11.1 Å². The molecule has 1 N–H and O–H groups in total. The fourth-order valence-electron chi connectivity index (χ4n) is 2.27. The summed E-state index contributed by atoms with van der Waals surface area (Å²) >= 11 is 3.12. The zero-order valence-corrected chi connectivity index (χ0v) is 14.8. The van der Waals surface area contributed by atoms with Gasteiger partial charge < -0.3 is 5.32 Å². The highest BCUT2D eigenvalue weighted by Gasteiger charge is 2.09. The lowest BCUT2D eigenvalue weighted by molar-refractivity contribution is -0.116. The van der Waals surface area contributed by atoms with Crippen LogP contribution in [-0.2, 0) is 4.79 Å². The first-order valence-electron chi connectivity index (χ1n) is 7.66. The highest BCUT2D eigenvalue weighted by molar-refractivity contribution is 7.99. The minimum absolute atomic E-state index is 0.0218. The molecule has 0 aliphatic heterocycles. The zero-order chi connectivity index (χ0) is 16.9. The van der Waals surface area contributed by atoms with Crippen LogP contribution in [-0.4, -0.2) is 16.6 Å². The van der Waals surface area contributed by atoms with E-state index in [9.17, 15) is 9.18 Å². The molecule has 1 aromatic heterocycles. The van der Waals surface area contributed by atoms with Crippen LogP contribution in [0.15, 0.2) is 47.4 Å². The third kappa shape index (κ3) is 4.33. The molecule has 3 aromatic rings. The Kier molecular flexibility index (Phi) is 5.48. The molecule has 1 amide bonds. The molecule has 0 aliphatic rings. The summed E-state index contributed by atoms with van der Waals surface area (Å²) in [5, 5.41) is 3.52. The molecular weight excluding hydrogens is 343 g/mol. The Labute approximate surface area is 148 Å². The summed E-state index contributed by atoms with van der Waals surface area (Å²) in [6.45, 7) is 2.01. The van der Waals surface area contributed by atoms with Crippen LogP contribution in [0.1, 0.15) is 18.4 Å². The van der Waals surface area contributed by atoms with E-state index in [-0.39, 0.29) is 11.7 Å². The van der Waals surface area contributed by atoms with Crippen LogP contribution in [0.5, 0.6) is 0 Å². The average Bonchev–Trinajstić information content (AvgIpc) is 2.97. The van der Waals surface area contributed by atoms with Gasteiger partial charge in [0, 0.05) is 11.3 Å². The van der Waals surface area contributed by atoms with Gasteiger partial charge in [-0.05, 0) is 55.0 Å². The first-order chi connectivity index (χ1) is 11.6. The van der Waals surface area contributed by atoms with Gasteiger partial charge in [-0.1, -0.05) is 23.5 Å². The van der Waals surface area contributed by atoms with Gasteiger partial charge in [0.2, 0.25) is 5.91 Å². The zero-order valence-electron chi connectivity index (χ0n) is 13.2. The van der Waals surface area contributed by atoms with E-state index in [2.05, 4.69) is 10.3 Å².